The van der Waals surface area contributed by atoms with E-state index in [0.717, 1.165) is 49.6 Å². The maximum Gasteiger partial charge on any atom is 0.240 e. The molecule has 0 radical (unpaired) electrons. The lowest BCUT2D eigenvalue weighted by Crippen LogP contribution is -2.40. The van der Waals surface area contributed by atoms with Gasteiger partial charge in [-0.05, 0) is 25.8 Å². The molecule has 2 aromatic heterocycles. The van der Waals surface area contributed by atoms with Crippen molar-refractivity contribution in [1.82, 2.24) is 29.9 Å². The number of aromatic nitrogens is 5. The molecule has 1 saturated heterocycles. The van der Waals surface area contributed by atoms with Crippen LogP contribution in [0.5, 0.6) is 0 Å². The van der Waals surface area contributed by atoms with Crippen molar-refractivity contribution >= 4 is 22.4 Å². The molecule has 1 amide bonds. The molecule has 142 valence electrons. The minimum atomic E-state index is -0.121. The fraction of sp³-hybridized carbons (Fsp3) is 0.688. The number of aryl methyl sites for hydroxylation is 1. The van der Waals surface area contributed by atoms with Gasteiger partial charge in [0.25, 0.3) is 0 Å². The van der Waals surface area contributed by atoms with Crippen molar-refractivity contribution in [2.75, 3.05) is 25.0 Å². The van der Waals surface area contributed by atoms with Gasteiger partial charge in [-0.25, -0.2) is 0 Å². The molecule has 3 heterocycles. The zero-order chi connectivity index (χ0) is 18.5. The quantitative estimate of drug-likeness (QED) is 0.736. The predicted molar refractivity (Wildman–Crippen MR) is 97.9 cm³/mol. The van der Waals surface area contributed by atoms with Gasteiger partial charge < -0.3 is 9.67 Å². The fourth-order valence-corrected chi connectivity index (χ4v) is 4.12. The fourth-order valence-electron chi connectivity index (χ4n) is 3.26. The van der Waals surface area contributed by atoms with Gasteiger partial charge in [0.2, 0.25) is 11.0 Å². The summed E-state index contributed by atoms with van der Waals surface area (Å²) in [6.07, 6.45) is 3.90. The van der Waals surface area contributed by atoms with Gasteiger partial charge in [0.05, 0.1) is 6.54 Å². The molecular formula is C16H25N7O2S. The van der Waals surface area contributed by atoms with E-state index in [-0.39, 0.29) is 18.4 Å². The highest BCUT2D eigenvalue weighted by atomic mass is 32.1. The molecule has 1 aliphatic heterocycles. The van der Waals surface area contributed by atoms with Gasteiger partial charge in [-0.3, -0.25) is 15.0 Å². The van der Waals surface area contributed by atoms with Crippen molar-refractivity contribution in [2.24, 2.45) is 7.05 Å². The second-order valence-corrected chi connectivity index (χ2v) is 7.63. The van der Waals surface area contributed by atoms with Crippen LogP contribution >= 0.6 is 11.3 Å². The maximum atomic E-state index is 12.3. The normalized spacial score (nSPS) is 18.2. The number of amides is 1. The van der Waals surface area contributed by atoms with E-state index in [0.29, 0.717) is 17.5 Å². The van der Waals surface area contributed by atoms with Crippen molar-refractivity contribution in [2.45, 2.75) is 45.1 Å². The number of nitrogens with one attached hydrogen (secondary N) is 1. The van der Waals surface area contributed by atoms with E-state index in [9.17, 15) is 9.90 Å². The third kappa shape index (κ3) is 4.43. The number of carbonyl (C=O) groups is 1. The summed E-state index contributed by atoms with van der Waals surface area (Å²) < 4.78 is 1.85. The molecule has 3 rings (SSSR count). The molecule has 26 heavy (non-hydrogen) atoms. The third-order valence-corrected chi connectivity index (χ3v) is 5.45. The van der Waals surface area contributed by atoms with Crippen molar-refractivity contribution in [3.63, 3.8) is 0 Å². The molecule has 2 aromatic rings. The van der Waals surface area contributed by atoms with E-state index in [1.54, 1.807) is 0 Å². The molecule has 0 aromatic carbocycles. The topological polar surface area (TPSA) is 109 Å². The van der Waals surface area contributed by atoms with Crippen LogP contribution in [0.3, 0.4) is 0 Å². The highest BCUT2D eigenvalue weighted by molar-refractivity contribution is 7.15. The number of rotatable bonds is 7. The van der Waals surface area contributed by atoms with Crippen LogP contribution in [0.1, 0.15) is 48.8 Å². The number of aliphatic hydroxyl groups excluding tert-OH is 1. The number of anilines is 1. The van der Waals surface area contributed by atoms with E-state index in [1.807, 2.05) is 11.6 Å². The first kappa shape index (κ1) is 18.9. The molecule has 1 fully saturated rings. The van der Waals surface area contributed by atoms with Crippen molar-refractivity contribution in [3.8, 4) is 0 Å². The van der Waals surface area contributed by atoms with Gasteiger partial charge in [-0.2, -0.15) is 0 Å². The Hall–Kier alpha value is -1.91. The molecule has 0 aliphatic carbocycles. The minimum Gasteiger partial charge on any atom is -0.388 e. The predicted octanol–water partition coefficient (Wildman–Crippen LogP) is 0.929. The van der Waals surface area contributed by atoms with E-state index < -0.39 is 0 Å². The molecule has 0 unspecified atom stereocenters. The van der Waals surface area contributed by atoms with Gasteiger partial charge in [0.1, 0.15) is 17.4 Å². The number of nitrogens with zero attached hydrogens (tertiary/aromatic N) is 6. The first-order valence-corrected chi connectivity index (χ1v) is 9.76. The Kier molecular flexibility index (Phi) is 6.28. The van der Waals surface area contributed by atoms with E-state index in [1.165, 1.54) is 11.3 Å². The summed E-state index contributed by atoms with van der Waals surface area (Å²) in [4.78, 5) is 14.5. The third-order valence-electron chi connectivity index (χ3n) is 4.56. The summed E-state index contributed by atoms with van der Waals surface area (Å²) in [7, 11) is 1.87. The monoisotopic (exact) mass is 379 g/mol. The Morgan fingerprint density at radius 1 is 1.35 bits per heavy atom. The second-order valence-electron chi connectivity index (χ2n) is 6.56. The first-order chi connectivity index (χ1) is 12.6. The Balaban J connectivity index is 1.55. The lowest BCUT2D eigenvalue weighted by Gasteiger charge is -2.31. The smallest absolute Gasteiger partial charge is 0.240 e. The standard InChI is InChI=1S/C16H25N7O2S/c1-3-5-14-19-21-16(26-14)17-13(25)9-23-7-4-6-11(8-23)15-20-18-12(10-24)22(15)2/h11,24H,3-10H2,1-2H3,(H,17,21,25)/t11-/m0/s1. The highest BCUT2D eigenvalue weighted by Crippen LogP contribution is 2.25. The zero-order valence-corrected chi connectivity index (χ0v) is 16.0. The van der Waals surface area contributed by atoms with Crippen molar-refractivity contribution in [3.05, 3.63) is 16.7 Å². The Labute approximate surface area is 156 Å². The van der Waals surface area contributed by atoms with Crippen LogP contribution in [-0.4, -0.2) is 60.5 Å². The molecule has 0 bridgehead atoms. The van der Waals surface area contributed by atoms with Crippen LogP contribution in [0.15, 0.2) is 0 Å². The Bertz CT molecular complexity index is 745. The van der Waals surface area contributed by atoms with Gasteiger partial charge in [0.15, 0.2) is 5.82 Å². The molecule has 0 saturated carbocycles. The van der Waals surface area contributed by atoms with E-state index in [4.69, 9.17) is 0 Å². The molecule has 9 nitrogen and oxygen atoms in total. The van der Waals surface area contributed by atoms with Crippen LogP contribution in [-0.2, 0) is 24.9 Å². The first-order valence-electron chi connectivity index (χ1n) is 8.94. The van der Waals surface area contributed by atoms with Crippen LogP contribution in [0.4, 0.5) is 5.13 Å². The summed E-state index contributed by atoms with van der Waals surface area (Å²) in [6.45, 7) is 3.93. The summed E-state index contributed by atoms with van der Waals surface area (Å²) in [5.41, 5.74) is 0. The molecule has 2 N–H and O–H groups in total. The Morgan fingerprint density at radius 2 is 2.19 bits per heavy atom. The van der Waals surface area contributed by atoms with Crippen LogP contribution in [0.2, 0.25) is 0 Å². The second kappa shape index (κ2) is 8.65. The molecular weight excluding hydrogens is 354 g/mol. The van der Waals surface area contributed by atoms with Crippen LogP contribution < -0.4 is 5.32 Å². The molecule has 1 atom stereocenters. The Morgan fingerprint density at radius 3 is 2.92 bits per heavy atom. The highest BCUT2D eigenvalue weighted by Gasteiger charge is 2.27. The summed E-state index contributed by atoms with van der Waals surface area (Å²) in [6, 6.07) is 0. The average molecular weight is 379 g/mol. The number of likely N-dealkylation sites (tertiary alicyclic amines) is 1. The number of hydrogen-bond acceptors (Lipinski definition) is 8. The maximum absolute atomic E-state index is 12.3. The van der Waals surface area contributed by atoms with Crippen LogP contribution in [0, 0.1) is 0 Å². The number of hydrogen-bond donors (Lipinski definition) is 2. The van der Waals surface area contributed by atoms with Gasteiger partial charge in [-0.15, -0.1) is 20.4 Å². The molecule has 1 aliphatic rings. The summed E-state index contributed by atoms with van der Waals surface area (Å²) in [5.74, 6) is 1.58. The average Bonchev–Trinajstić information content (AvgIpc) is 3.21. The minimum absolute atomic E-state index is 0.0705. The lowest BCUT2D eigenvalue weighted by molar-refractivity contribution is -0.117. The number of aliphatic hydroxyl groups is 1. The lowest BCUT2D eigenvalue weighted by atomic mass is 9.97. The van der Waals surface area contributed by atoms with E-state index in [2.05, 4.69) is 37.5 Å². The molecule has 10 heteroatoms. The van der Waals surface area contributed by atoms with Gasteiger partial charge in [0, 0.05) is 25.9 Å². The van der Waals surface area contributed by atoms with Crippen LogP contribution in [0.25, 0.3) is 0 Å². The SMILES string of the molecule is CCCc1nnc(NC(=O)CN2CCC[C@H](c3nnc(CO)n3C)C2)s1. The number of piperidine rings is 1. The number of carbonyl (C=O) groups excluding carboxylic acids is 1. The summed E-state index contributed by atoms with van der Waals surface area (Å²) in [5, 5.41) is 30.0. The van der Waals surface area contributed by atoms with Crippen molar-refractivity contribution in [1.29, 1.82) is 0 Å². The zero-order valence-electron chi connectivity index (χ0n) is 15.2. The van der Waals surface area contributed by atoms with E-state index >= 15 is 0 Å². The van der Waals surface area contributed by atoms with Gasteiger partial charge >= 0.3 is 0 Å². The largest absolute Gasteiger partial charge is 0.388 e. The van der Waals surface area contributed by atoms with Gasteiger partial charge in [-0.1, -0.05) is 18.3 Å². The summed E-state index contributed by atoms with van der Waals surface area (Å²) >= 11 is 1.43. The molecule has 0 spiro atoms. The van der Waals surface area contributed by atoms with Crippen molar-refractivity contribution < 1.29 is 9.90 Å².